The zero-order chi connectivity index (χ0) is 31.3. The van der Waals surface area contributed by atoms with Crippen LogP contribution in [0.25, 0.3) is 6.08 Å². The SMILES string of the molecule is CCOC(=O)C1=C(C)N=c2s/c(=C\c3ccc(OC)c([N+](=O)[O-])c3)c(=O)n2[C@H]1c1ccc(OCC(=O)OC)c(OCC)c1. The maximum Gasteiger partial charge on any atom is 0.343 e. The number of aromatic nitrogens is 1. The van der Waals surface area contributed by atoms with Crippen LogP contribution in [0.4, 0.5) is 5.69 Å². The molecule has 1 aromatic heterocycles. The van der Waals surface area contributed by atoms with Gasteiger partial charge >= 0.3 is 17.6 Å². The number of ether oxygens (including phenoxy) is 5. The molecule has 0 amide bonds. The van der Waals surface area contributed by atoms with Crippen LogP contribution in [-0.2, 0) is 19.1 Å². The molecule has 0 saturated heterocycles. The molecule has 0 aliphatic carbocycles. The van der Waals surface area contributed by atoms with Gasteiger partial charge in [-0.05, 0) is 56.2 Å². The number of rotatable bonds is 11. The molecule has 0 unspecified atom stereocenters. The first kappa shape index (κ1) is 31.0. The van der Waals surface area contributed by atoms with Crippen LogP contribution in [0, 0.1) is 10.1 Å². The van der Waals surface area contributed by atoms with Crippen LogP contribution in [0.5, 0.6) is 17.2 Å². The molecule has 1 aliphatic rings. The summed E-state index contributed by atoms with van der Waals surface area (Å²) in [6.45, 7) is 5.13. The van der Waals surface area contributed by atoms with E-state index in [0.717, 1.165) is 11.3 Å². The summed E-state index contributed by atoms with van der Waals surface area (Å²) in [7, 11) is 2.58. The number of esters is 2. The topological polar surface area (TPSA) is 158 Å². The monoisotopic (exact) mass is 611 g/mol. The van der Waals surface area contributed by atoms with Crippen LogP contribution in [0.1, 0.15) is 37.9 Å². The lowest BCUT2D eigenvalue weighted by Crippen LogP contribution is -2.40. The molecule has 0 N–H and O–H groups in total. The number of nitrogens with zero attached hydrogens (tertiary/aromatic N) is 3. The Kier molecular flexibility index (Phi) is 9.60. The van der Waals surface area contributed by atoms with E-state index >= 15 is 0 Å². The van der Waals surface area contributed by atoms with Crippen molar-refractivity contribution in [1.29, 1.82) is 0 Å². The average Bonchev–Trinajstić information content (AvgIpc) is 3.29. The van der Waals surface area contributed by atoms with Crippen molar-refractivity contribution in [3.8, 4) is 17.2 Å². The smallest absolute Gasteiger partial charge is 0.343 e. The minimum atomic E-state index is -0.948. The predicted molar refractivity (Wildman–Crippen MR) is 155 cm³/mol. The van der Waals surface area contributed by atoms with Crippen LogP contribution in [0.15, 0.2) is 57.5 Å². The van der Waals surface area contributed by atoms with Gasteiger partial charge in [-0.1, -0.05) is 23.5 Å². The number of thiazole rings is 1. The van der Waals surface area contributed by atoms with Crippen molar-refractivity contribution in [3.63, 3.8) is 0 Å². The van der Waals surface area contributed by atoms with Crippen molar-refractivity contribution in [2.75, 3.05) is 34.0 Å². The second kappa shape index (κ2) is 13.3. The molecular weight excluding hydrogens is 582 g/mol. The van der Waals surface area contributed by atoms with Crippen LogP contribution in [0.2, 0.25) is 0 Å². The molecule has 0 spiro atoms. The van der Waals surface area contributed by atoms with Crippen LogP contribution < -0.4 is 29.1 Å². The Hall–Kier alpha value is -4.98. The summed E-state index contributed by atoms with van der Waals surface area (Å²) in [5, 5.41) is 11.5. The number of benzene rings is 2. The molecule has 0 bridgehead atoms. The standard InChI is InChI=1S/C29H29N3O10S/c1-6-40-22-14-18(9-11-21(22)42-15-24(33)39-5)26-25(28(35)41-7-2)16(3)30-29-31(26)27(34)23(43-29)13-17-8-10-20(38-4)19(12-17)32(36)37/h8-14,26H,6-7,15H2,1-5H3/b23-13-/t26-/m0/s1. The largest absolute Gasteiger partial charge is 0.490 e. The number of hydrogen-bond donors (Lipinski definition) is 0. The average molecular weight is 612 g/mol. The van der Waals surface area contributed by atoms with Gasteiger partial charge in [-0.25, -0.2) is 14.6 Å². The summed E-state index contributed by atoms with van der Waals surface area (Å²) in [5.41, 5.74) is 0.706. The Balaban J connectivity index is 1.91. The van der Waals surface area contributed by atoms with E-state index in [4.69, 9.17) is 18.9 Å². The minimum absolute atomic E-state index is 0.0856. The van der Waals surface area contributed by atoms with Gasteiger partial charge in [-0.15, -0.1) is 0 Å². The number of carbonyl (C=O) groups is 2. The Morgan fingerprint density at radius 3 is 2.47 bits per heavy atom. The molecule has 1 aliphatic heterocycles. The highest BCUT2D eigenvalue weighted by Crippen LogP contribution is 2.36. The molecule has 3 aromatic rings. The maximum atomic E-state index is 13.9. The Morgan fingerprint density at radius 1 is 1.07 bits per heavy atom. The summed E-state index contributed by atoms with van der Waals surface area (Å²) in [5.74, 6) is -0.582. The van der Waals surface area contributed by atoms with E-state index in [0.29, 0.717) is 21.6 Å². The number of hydrogen-bond acceptors (Lipinski definition) is 12. The number of nitro benzene ring substituents is 1. The van der Waals surface area contributed by atoms with Crippen molar-refractivity contribution >= 4 is 35.0 Å². The highest BCUT2D eigenvalue weighted by Gasteiger charge is 2.34. The minimum Gasteiger partial charge on any atom is -0.490 e. The van der Waals surface area contributed by atoms with E-state index in [1.54, 1.807) is 45.0 Å². The van der Waals surface area contributed by atoms with Crippen LogP contribution >= 0.6 is 11.3 Å². The van der Waals surface area contributed by atoms with Gasteiger partial charge in [-0.2, -0.15) is 0 Å². The third kappa shape index (κ3) is 6.43. The van der Waals surface area contributed by atoms with Gasteiger partial charge in [0.25, 0.3) is 5.56 Å². The zero-order valence-electron chi connectivity index (χ0n) is 24.1. The van der Waals surface area contributed by atoms with Crippen molar-refractivity contribution < 1.29 is 38.2 Å². The second-order valence-corrected chi connectivity index (χ2v) is 10.0. The molecule has 2 aromatic carbocycles. The molecule has 14 heteroatoms. The fourth-order valence-corrected chi connectivity index (χ4v) is 5.52. The van der Waals surface area contributed by atoms with E-state index in [9.17, 15) is 24.5 Å². The number of nitro groups is 1. The first-order valence-electron chi connectivity index (χ1n) is 13.1. The molecule has 0 radical (unpaired) electrons. The van der Waals surface area contributed by atoms with Crippen molar-refractivity contribution in [3.05, 3.63) is 88.6 Å². The van der Waals surface area contributed by atoms with E-state index in [2.05, 4.69) is 9.73 Å². The number of carbonyl (C=O) groups excluding carboxylic acids is 2. The summed E-state index contributed by atoms with van der Waals surface area (Å²) >= 11 is 1.08. The van der Waals surface area contributed by atoms with Crippen LogP contribution in [-0.4, -0.2) is 55.5 Å². The molecule has 13 nitrogen and oxygen atoms in total. The third-order valence-corrected chi connectivity index (χ3v) is 7.35. The van der Waals surface area contributed by atoms with Gasteiger partial charge in [-0.3, -0.25) is 19.5 Å². The fraction of sp³-hybridized carbons (Fsp3) is 0.310. The normalized spacial score (nSPS) is 14.4. The number of methoxy groups -OCH3 is 2. The lowest BCUT2D eigenvalue weighted by atomic mass is 9.95. The van der Waals surface area contributed by atoms with E-state index in [1.807, 2.05) is 0 Å². The molecule has 2 heterocycles. The van der Waals surface area contributed by atoms with E-state index < -0.39 is 28.5 Å². The predicted octanol–water partition coefficient (Wildman–Crippen LogP) is 2.67. The van der Waals surface area contributed by atoms with Gasteiger partial charge < -0.3 is 23.7 Å². The Bertz CT molecular complexity index is 1790. The van der Waals surface area contributed by atoms with Gasteiger partial charge in [0, 0.05) is 6.07 Å². The van der Waals surface area contributed by atoms with Crippen LogP contribution in [0.3, 0.4) is 0 Å². The van der Waals surface area contributed by atoms with E-state index in [1.165, 1.54) is 37.0 Å². The first-order valence-corrected chi connectivity index (χ1v) is 13.9. The highest BCUT2D eigenvalue weighted by molar-refractivity contribution is 7.07. The first-order chi connectivity index (χ1) is 20.6. The molecule has 226 valence electrons. The van der Waals surface area contributed by atoms with Gasteiger partial charge in [0.1, 0.15) is 0 Å². The number of fused-ring (bicyclic) bond motifs is 1. The van der Waals surface area contributed by atoms with Crippen molar-refractivity contribution in [1.82, 2.24) is 4.57 Å². The Labute approximate surface area is 249 Å². The Morgan fingerprint density at radius 2 is 1.81 bits per heavy atom. The summed E-state index contributed by atoms with van der Waals surface area (Å²) in [4.78, 5) is 54.6. The van der Waals surface area contributed by atoms with Crippen molar-refractivity contribution in [2.24, 2.45) is 4.99 Å². The molecule has 0 saturated carbocycles. The molecule has 0 fully saturated rings. The van der Waals surface area contributed by atoms with Gasteiger partial charge in [0.05, 0.1) is 54.2 Å². The molecule has 1 atom stereocenters. The zero-order valence-corrected chi connectivity index (χ0v) is 24.9. The summed E-state index contributed by atoms with van der Waals surface area (Å²) in [6, 6.07) is 8.27. The maximum absolute atomic E-state index is 13.9. The van der Waals surface area contributed by atoms with E-state index in [-0.39, 0.29) is 52.9 Å². The highest BCUT2D eigenvalue weighted by atomic mass is 32.1. The molecular formula is C29H29N3O10S. The molecule has 4 rings (SSSR count). The summed E-state index contributed by atoms with van der Waals surface area (Å²) < 4.78 is 28.0. The lowest BCUT2D eigenvalue weighted by Gasteiger charge is -2.25. The quantitative estimate of drug-likeness (QED) is 0.179. The van der Waals surface area contributed by atoms with Gasteiger partial charge in [0.15, 0.2) is 28.7 Å². The fourth-order valence-electron chi connectivity index (χ4n) is 4.48. The van der Waals surface area contributed by atoms with Crippen molar-refractivity contribution in [2.45, 2.75) is 26.8 Å². The lowest BCUT2D eigenvalue weighted by molar-refractivity contribution is -0.385. The van der Waals surface area contributed by atoms with Gasteiger partial charge in [0.2, 0.25) is 0 Å². The summed E-state index contributed by atoms with van der Waals surface area (Å²) in [6.07, 6.45) is 1.52. The second-order valence-electron chi connectivity index (χ2n) is 8.99. The number of allylic oxidation sites excluding steroid dienone is 1. The molecule has 43 heavy (non-hydrogen) atoms. The third-order valence-electron chi connectivity index (χ3n) is 6.37.